The van der Waals surface area contributed by atoms with Crippen molar-refractivity contribution in [2.45, 2.75) is 0 Å². The summed E-state index contributed by atoms with van der Waals surface area (Å²) in [6, 6.07) is 15.8. The van der Waals surface area contributed by atoms with Gasteiger partial charge in [0.15, 0.2) is 0 Å². The monoisotopic (exact) mass is 299 g/mol. The number of imidazole rings is 1. The smallest absolute Gasteiger partial charge is 0.100 e. The van der Waals surface area contributed by atoms with Crippen molar-refractivity contribution in [3.63, 3.8) is 0 Å². The van der Waals surface area contributed by atoms with Crippen LogP contribution in [0.1, 0.15) is 5.56 Å². The maximum atomic E-state index is 8.92. The van der Waals surface area contributed by atoms with Crippen LogP contribution in [0.5, 0.6) is 0 Å². The molecule has 0 aliphatic heterocycles. The number of aryl methyl sites for hydroxylation is 1. The van der Waals surface area contributed by atoms with Crippen molar-refractivity contribution < 1.29 is 0 Å². The first-order valence-corrected chi connectivity index (χ1v) is 7.21. The number of hydrogen-bond donors (Lipinski definition) is 0. The lowest BCUT2D eigenvalue weighted by atomic mass is 10.1. The Morgan fingerprint density at radius 3 is 2.57 bits per heavy atom. The summed E-state index contributed by atoms with van der Waals surface area (Å²) in [5, 5.41) is 13.1. The Balaban J connectivity index is 1.85. The number of fused-ring (bicyclic) bond motifs is 1. The van der Waals surface area contributed by atoms with Gasteiger partial charge in [-0.3, -0.25) is 9.25 Å². The largest absolute Gasteiger partial charge is 0.299 e. The summed E-state index contributed by atoms with van der Waals surface area (Å²) < 4.78 is 3.81. The molecule has 2 aromatic heterocycles. The summed E-state index contributed by atoms with van der Waals surface area (Å²) in [7, 11) is 1.91. The van der Waals surface area contributed by atoms with E-state index in [1.54, 1.807) is 11.0 Å². The highest BCUT2D eigenvalue weighted by molar-refractivity contribution is 5.83. The molecule has 4 aromatic rings. The molecule has 0 saturated heterocycles. The zero-order valence-electron chi connectivity index (χ0n) is 12.5. The van der Waals surface area contributed by atoms with Crippen LogP contribution in [0.3, 0.4) is 0 Å². The number of nitrogens with zero attached hydrogens (tertiary/aromatic N) is 5. The summed E-state index contributed by atoms with van der Waals surface area (Å²) in [6.45, 7) is 0. The molecule has 23 heavy (non-hydrogen) atoms. The lowest BCUT2D eigenvalue weighted by Gasteiger charge is -2.05. The first-order valence-electron chi connectivity index (χ1n) is 7.21. The van der Waals surface area contributed by atoms with E-state index in [1.165, 1.54) is 0 Å². The van der Waals surface area contributed by atoms with Gasteiger partial charge in [-0.2, -0.15) is 10.4 Å². The van der Waals surface area contributed by atoms with Gasteiger partial charge in [0.2, 0.25) is 0 Å². The SMILES string of the molecule is Cn1cc(-c2ccc3ncn(-c4ccc(C#N)cc4)c3c2)cn1. The average Bonchev–Trinajstić information content (AvgIpc) is 3.20. The van der Waals surface area contributed by atoms with Gasteiger partial charge in [-0.05, 0) is 42.0 Å². The minimum Gasteiger partial charge on any atom is -0.299 e. The van der Waals surface area contributed by atoms with E-state index in [0.717, 1.165) is 27.8 Å². The van der Waals surface area contributed by atoms with E-state index < -0.39 is 0 Å². The third-order valence-electron chi connectivity index (χ3n) is 3.86. The van der Waals surface area contributed by atoms with Gasteiger partial charge in [-0.25, -0.2) is 4.98 Å². The molecule has 2 heterocycles. The van der Waals surface area contributed by atoms with Crippen LogP contribution in [0.2, 0.25) is 0 Å². The third kappa shape index (κ3) is 2.27. The normalized spacial score (nSPS) is 10.8. The Hall–Kier alpha value is -3.39. The van der Waals surface area contributed by atoms with E-state index in [2.05, 4.69) is 28.3 Å². The minimum absolute atomic E-state index is 0.647. The van der Waals surface area contributed by atoms with Gasteiger partial charge in [-0.1, -0.05) is 6.07 Å². The highest BCUT2D eigenvalue weighted by Crippen LogP contribution is 2.25. The van der Waals surface area contributed by atoms with Crippen molar-refractivity contribution >= 4 is 11.0 Å². The number of benzene rings is 2. The van der Waals surface area contributed by atoms with Crippen molar-refractivity contribution in [2.75, 3.05) is 0 Å². The predicted octanol–water partition coefficient (Wildman–Crippen LogP) is 3.30. The number of aromatic nitrogens is 4. The molecule has 4 rings (SSSR count). The quantitative estimate of drug-likeness (QED) is 0.570. The van der Waals surface area contributed by atoms with Crippen LogP contribution >= 0.6 is 0 Å². The molecule has 2 aromatic carbocycles. The number of rotatable bonds is 2. The van der Waals surface area contributed by atoms with Crippen LogP contribution in [0.25, 0.3) is 27.8 Å². The maximum Gasteiger partial charge on any atom is 0.100 e. The molecule has 0 bridgehead atoms. The second-order valence-electron chi connectivity index (χ2n) is 5.38. The van der Waals surface area contributed by atoms with E-state index in [1.807, 2.05) is 54.3 Å². The average molecular weight is 299 g/mol. The van der Waals surface area contributed by atoms with Gasteiger partial charge >= 0.3 is 0 Å². The molecule has 0 unspecified atom stereocenters. The summed E-state index contributed by atoms with van der Waals surface area (Å²) in [4.78, 5) is 4.45. The van der Waals surface area contributed by atoms with Gasteiger partial charge < -0.3 is 0 Å². The number of hydrogen-bond acceptors (Lipinski definition) is 3. The van der Waals surface area contributed by atoms with Crippen molar-refractivity contribution in [2.24, 2.45) is 7.05 Å². The molecule has 0 saturated carbocycles. The molecule has 0 spiro atoms. The van der Waals surface area contributed by atoms with Crippen LogP contribution in [-0.2, 0) is 7.05 Å². The van der Waals surface area contributed by atoms with Crippen LogP contribution in [0, 0.1) is 11.3 Å². The first-order chi connectivity index (χ1) is 11.2. The fourth-order valence-corrected chi connectivity index (χ4v) is 2.66. The van der Waals surface area contributed by atoms with E-state index in [0.29, 0.717) is 5.56 Å². The van der Waals surface area contributed by atoms with E-state index in [-0.39, 0.29) is 0 Å². The summed E-state index contributed by atoms with van der Waals surface area (Å²) in [5.74, 6) is 0. The second kappa shape index (κ2) is 5.11. The van der Waals surface area contributed by atoms with Crippen LogP contribution in [0.15, 0.2) is 61.2 Å². The Morgan fingerprint density at radius 2 is 1.87 bits per heavy atom. The molecule has 0 amide bonds. The van der Waals surface area contributed by atoms with Gasteiger partial charge in [0.1, 0.15) is 6.33 Å². The van der Waals surface area contributed by atoms with Crippen molar-refractivity contribution in [3.05, 3.63) is 66.7 Å². The summed E-state index contributed by atoms with van der Waals surface area (Å²) in [5.41, 5.74) is 5.75. The molecule has 5 nitrogen and oxygen atoms in total. The Bertz CT molecular complexity index is 1030. The molecule has 0 aliphatic carbocycles. The molecule has 5 heteroatoms. The highest BCUT2D eigenvalue weighted by Gasteiger charge is 2.08. The third-order valence-corrected chi connectivity index (χ3v) is 3.86. The number of nitriles is 1. The minimum atomic E-state index is 0.647. The molecular formula is C18H13N5. The zero-order chi connectivity index (χ0) is 15.8. The Labute approximate surface area is 133 Å². The Morgan fingerprint density at radius 1 is 1.04 bits per heavy atom. The summed E-state index contributed by atoms with van der Waals surface area (Å²) >= 11 is 0. The van der Waals surface area contributed by atoms with Crippen molar-refractivity contribution in [1.82, 2.24) is 19.3 Å². The van der Waals surface area contributed by atoms with E-state index in [9.17, 15) is 0 Å². The fourth-order valence-electron chi connectivity index (χ4n) is 2.66. The van der Waals surface area contributed by atoms with Crippen LogP contribution < -0.4 is 0 Å². The van der Waals surface area contributed by atoms with Gasteiger partial charge in [0, 0.05) is 24.5 Å². The van der Waals surface area contributed by atoms with E-state index >= 15 is 0 Å². The molecule has 0 N–H and O–H groups in total. The highest BCUT2D eigenvalue weighted by atomic mass is 15.2. The fraction of sp³-hybridized carbons (Fsp3) is 0.0556. The van der Waals surface area contributed by atoms with Crippen molar-refractivity contribution in [1.29, 1.82) is 5.26 Å². The summed E-state index contributed by atoms with van der Waals surface area (Å²) in [6.07, 6.45) is 5.65. The van der Waals surface area contributed by atoms with Gasteiger partial charge in [0.05, 0.1) is 28.9 Å². The maximum absolute atomic E-state index is 8.92. The standard InChI is InChI=1S/C18H13N5/c1-22-11-15(10-21-22)14-4-7-17-18(8-14)23(12-20-17)16-5-2-13(9-19)3-6-16/h2-8,10-12H,1H3. The predicted molar refractivity (Wildman–Crippen MR) is 88.0 cm³/mol. The Kier molecular flexibility index (Phi) is 2.95. The first kappa shape index (κ1) is 13.3. The van der Waals surface area contributed by atoms with Gasteiger partial charge in [0.25, 0.3) is 0 Å². The molecule has 110 valence electrons. The van der Waals surface area contributed by atoms with Crippen molar-refractivity contribution in [3.8, 4) is 22.9 Å². The molecule has 0 aliphatic rings. The molecular weight excluding hydrogens is 286 g/mol. The topological polar surface area (TPSA) is 59.4 Å². The molecule has 0 fully saturated rings. The zero-order valence-corrected chi connectivity index (χ0v) is 12.5. The molecule has 0 radical (unpaired) electrons. The second-order valence-corrected chi connectivity index (χ2v) is 5.38. The lowest BCUT2D eigenvalue weighted by Crippen LogP contribution is -1.92. The van der Waals surface area contributed by atoms with E-state index in [4.69, 9.17) is 5.26 Å². The van der Waals surface area contributed by atoms with Crippen LogP contribution in [-0.4, -0.2) is 19.3 Å². The molecule has 0 atom stereocenters. The van der Waals surface area contributed by atoms with Crippen LogP contribution in [0.4, 0.5) is 0 Å². The lowest BCUT2D eigenvalue weighted by molar-refractivity contribution is 0.768. The van der Waals surface area contributed by atoms with Gasteiger partial charge in [-0.15, -0.1) is 0 Å².